The van der Waals surface area contributed by atoms with Gasteiger partial charge in [0.25, 0.3) is 0 Å². The fourth-order valence-electron chi connectivity index (χ4n) is 3.10. The summed E-state index contributed by atoms with van der Waals surface area (Å²) in [5, 5.41) is 0. The molecular formula is C14H19ClO. The molecule has 1 aliphatic carbocycles. The molecule has 0 radical (unpaired) electrons. The highest BCUT2D eigenvalue weighted by atomic mass is 35.5. The number of hydrogen-bond acceptors (Lipinski definition) is 1. The molecule has 1 nitrogen and oxygen atoms in total. The minimum absolute atomic E-state index is 0. The number of benzene rings is 1. The van der Waals surface area contributed by atoms with Crippen LogP contribution in [0.5, 0.6) is 0 Å². The Balaban J connectivity index is 0.000000963. The molecule has 1 fully saturated rings. The average molecular weight is 239 g/mol. The van der Waals surface area contributed by atoms with Gasteiger partial charge >= 0.3 is 0 Å². The second-order valence-electron chi connectivity index (χ2n) is 4.75. The van der Waals surface area contributed by atoms with E-state index in [-0.39, 0.29) is 12.4 Å². The number of fused-ring (bicyclic) bond motifs is 1. The van der Waals surface area contributed by atoms with E-state index in [0.717, 1.165) is 6.61 Å². The summed E-state index contributed by atoms with van der Waals surface area (Å²) >= 11 is 0. The third kappa shape index (κ3) is 2.11. The van der Waals surface area contributed by atoms with Gasteiger partial charge in [0.1, 0.15) is 0 Å². The first-order chi connectivity index (χ1) is 7.45. The largest absolute Gasteiger partial charge is 0.378 e. The smallest absolute Gasteiger partial charge is 0.0644 e. The lowest BCUT2D eigenvalue weighted by atomic mass is 9.79. The molecule has 0 spiro atoms. The predicted molar refractivity (Wildman–Crippen MR) is 68.3 cm³/mol. The van der Waals surface area contributed by atoms with Crippen molar-refractivity contribution in [3.8, 4) is 0 Å². The molecule has 0 saturated carbocycles. The van der Waals surface area contributed by atoms with Crippen molar-refractivity contribution in [1.82, 2.24) is 0 Å². The van der Waals surface area contributed by atoms with Crippen molar-refractivity contribution in [3.63, 3.8) is 0 Å². The Bertz CT molecular complexity index is 344. The van der Waals surface area contributed by atoms with Crippen molar-refractivity contribution in [1.29, 1.82) is 0 Å². The molecule has 2 atom stereocenters. The Labute approximate surface area is 104 Å². The molecule has 2 heteroatoms. The summed E-state index contributed by atoms with van der Waals surface area (Å²) in [5.41, 5.74) is 3.12. The molecule has 1 aromatic rings. The van der Waals surface area contributed by atoms with Crippen molar-refractivity contribution >= 4 is 12.4 Å². The Morgan fingerprint density at radius 1 is 1.06 bits per heavy atom. The van der Waals surface area contributed by atoms with Crippen LogP contribution < -0.4 is 0 Å². The Morgan fingerprint density at radius 2 is 1.94 bits per heavy atom. The minimum atomic E-state index is 0. The third-order valence-electron chi connectivity index (χ3n) is 3.83. The molecule has 1 saturated heterocycles. The maximum absolute atomic E-state index is 5.85. The molecule has 2 aliphatic rings. The topological polar surface area (TPSA) is 9.23 Å². The van der Waals surface area contributed by atoms with Crippen LogP contribution in [0, 0.1) is 0 Å². The van der Waals surface area contributed by atoms with Gasteiger partial charge in [-0.3, -0.25) is 0 Å². The third-order valence-corrected chi connectivity index (χ3v) is 3.83. The van der Waals surface area contributed by atoms with E-state index in [1.54, 1.807) is 11.1 Å². The summed E-state index contributed by atoms with van der Waals surface area (Å²) in [4.78, 5) is 0. The Morgan fingerprint density at radius 3 is 2.75 bits per heavy atom. The van der Waals surface area contributed by atoms with Crippen molar-refractivity contribution in [3.05, 3.63) is 35.4 Å². The lowest BCUT2D eigenvalue weighted by Crippen LogP contribution is -2.22. The van der Waals surface area contributed by atoms with Crippen LogP contribution in [0.25, 0.3) is 0 Å². The fourth-order valence-corrected chi connectivity index (χ4v) is 3.10. The highest BCUT2D eigenvalue weighted by molar-refractivity contribution is 5.85. The van der Waals surface area contributed by atoms with Gasteiger partial charge in [-0.1, -0.05) is 24.3 Å². The van der Waals surface area contributed by atoms with E-state index in [1.807, 2.05) is 0 Å². The standard InChI is InChI=1S/C14H18O.ClH/c1-2-7-12-11(5-1)6-3-8-13(12)14-9-4-10-15-14;/h1-2,5,7,13-14H,3-4,6,8-10H2;1H. The quantitative estimate of drug-likeness (QED) is 0.725. The zero-order valence-corrected chi connectivity index (χ0v) is 10.3. The van der Waals surface area contributed by atoms with Gasteiger partial charge in [0.2, 0.25) is 0 Å². The lowest BCUT2D eigenvalue weighted by molar-refractivity contribution is 0.0833. The highest BCUT2D eigenvalue weighted by Crippen LogP contribution is 2.38. The van der Waals surface area contributed by atoms with Crippen molar-refractivity contribution < 1.29 is 4.74 Å². The number of hydrogen-bond donors (Lipinski definition) is 0. The molecule has 0 bridgehead atoms. The molecule has 0 N–H and O–H groups in total. The molecule has 1 heterocycles. The van der Waals surface area contributed by atoms with E-state index in [1.165, 1.54) is 32.1 Å². The van der Waals surface area contributed by atoms with E-state index < -0.39 is 0 Å². The van der Waals surface area contributed by atoms with Crippen LogP contribution >= 0.6 is 12.4 Å². The number of halogens is 1. The van der Waals surface area contributed by atoms with Crippen LogP contribution in [0.1, 0.15) is 42.7 Å². The summed E-state index contributed by atoms with van der Waals surface area (Å²) in [5.74, 6) is 0.678. The normalized spacial score (nSPS) is 28.2. The second kappa shape index (κ2) is 5.20. The van der Waals surface area contributed by atoms with Gasteiger partial charge < -0.3 is 4.74 Å². The minimum Gasteiger partial charge on any atom is -0.378 e. The highest BCUT2D eigenvalue weighted by Gasteiger charge is 2.30. The molecule has 3 rings (SSSR count). The van der Waals surface area contributed by atoms with Crippen LogP contribution in [0.15, 0.2) is 24.3 Å². The monoisotopic (exact) mass is 238 g/mol. The van der Waals surface area contributed by atoms with Crippen LogP contribution in [0.3, 0.4) is 0 Å². The van der Waals surface area contributed by atoms with E-state index in [4.69, 9.17) is 4.74 Å². The van der Waals surface area contributed by atoms with Crippen LogP contribution in [-0.2, 0) is 11.2 Å². The first kappa shape index (κ1) is 11.9. The molecule has 0 aromatic heterocycles. The van der Waals surface area contributed by atoms with Crippen LogP contribution in [-0.4, -0.2) is 12.7 Å². The van der Waals surface area contributed by atoms with Gasteiger partial charge in [0.15, 0.2) is 0 Å². The van der Waals surface area contributed by atoms with E-state index in [0.29, 0.717) is 12.0 Å². The summed E-state index contributed by atoms with van der Waals surface area (Å²) in [6.07, 6.45) is 6.94. The molecule has 1 aromatic carbocycles. The summed E-state index contributed by atoms with van der Waals surface area (Å²) in [6.45, 7) is 0.976. The van der Waals surface area contributed by atoms with Crippen molar-refractivity contribution in [2.24, 2.45) is 0 Å². The molecular weight excluding hydrogens is 220 g/mol. The molecule has 88 valence electrons. The number of rotatable bonds is 1. The summed E-state index contributed by atoms with van der Waals surface area (Å²) in [6, 6.07) is 8.93. The zero-order valence-electron chi connectivity index (χ0n) is 9.52. The van der Waals surface area contributed by atoms with Crippen molar-refractivity contribution in [2.75, 3.05) is 6.61 Å². The van der Waals surface area contributed by atoms with Gasteiger partial charge in [0, 0.05) is 12.5 Å². The van der Waals surface area contributed by atoms with E-state index >= 15 is 0 Å². The van der Waals surface area contributed by atoms with Gasteiger partial charge in [-0.25, -0.2) is 0 Å². The van der Waals surface area contributed by atoms with Crippen LogP contribution in [0.2, 0.25) is 0 Å². The SMILES string of the molecule is Cl.c1ccc2c(c1)CCCC2C1CCCO1. The van der Waals surface area contributed by atoms with Crippen LogP contribution in [0.4, 0.5) is 0 Å². The zero-order chi connectivity index (χ0) is 10.1. The maximum atomic E-state index is 5.85. The van der Waals surface area contributed by atoms with E-state index in [9.17, 15) is 0 Å². The van der Waals surface area contributed by atoms with Gasteiger partial charge in [-0.15, -0.1) is 12.4 Å². The number of aryl methyl sites for hydroxylation is 1. The summed E-state index contributed by atoms with van der Waals surface area (Å²) in [7, 11) is 0. The Kier molecular flexibility index (Phi) is 3.88. The number of ether oxygens (including phenoxy) is 1. The predicted octanol–water partition coefficient (Wildman–Crippen LogP) is 3.71. The maximum Gasteiger partial charge on any atom is 0.0644 e. The molecule has 0 amide bonds. The second-order valence-corrected chi connectivity index (χ2v) is 4.75. The first-order valence-electron chi connectivity index (χ1n) is 6.14. The van der Waals surface area contributed by atoms with Crippen molar-refractivity contribution in [2.45, 2.75) is 44.1 Å². The average Bonchev–Trinajstić information content (AvgIpc) is 2.82. The van der Waals surface area contributed by atoms with E-state index in [2.05, 4.69) is 24.3 Å². The first-order valence-corrected chi connectivity index (χ1v) is 6.14. The summed E-state index contributed by atoms with van der Waals surface area (Å²) < 4.78 is 5.85. The fraction of sp³-hybridized carbons (Fsp3) is 0.571. The van der Waals surface area contributed by atoms with Gasteiger partial charge in [-0.05, 0) is 43.2 Å². The molecule has 1 aliphatic heterocycles. The van der Waals surface area contributed by atoms with Gasteiger partial charge in [0.05, 0.1) is 6.10 Å². The molecule has 2 unspecified atom stereocenters. The molecule has 16 heavy (non-hydrogen) atoms. The van der Waals surface area contributed by atoms with Gasteiger partial charge in [-0.2, -0.15) is 0 Å². The Hall–Kier alpha value is -0.530. The lowest BCUT2D eigenvalue weighted by Gasteiger charge is -2.29.